The van der Waals surface area contributed by atoms with Crippen molar-refractivity contribution in [2.45, 2.75) is 39.8 Å². The van der Waals surface area contributed by atoms with E-state index in [1.54, 1.807) is 0 Å². The Bertz CT molecular complexity index is 666. The number of amides is 1. The molecule has 1 amide bonds. The van der Waals surface area contributed by atoms with E-state index in [0.29, 0.717) is 17.8 Å². The van der Waals surface area contributed by atoms with Crippen LogP contribution in [0.15, 0.2) is 0 Å². The number of nitriles is 2. The van der Waals surface area contributed by atoms with Crippen molar-refractivity contribution >= 4 is 5.91 Å². The van der Waals surface area contributed by atoms with Crippen molar-refractivity contribution in [2.75, 3.05) is 0 Å². The molecular weight excluding hydrogens is 262 g/mol. The van der Waals surface area contributed by atoms with Crippen LogP contribution >= 0.6 is 0 Å². The van der Waals surface area contributed by atoms with E-state index < -0.39 is 10.8 Å². The van der Waals surface area contributed by atoms with Crippen LogP contribution in [0.1, 0.15) is 27.7 Å². The first-order chi connectivity index (χ1) is 9.90. The Balaban J connectivity index is 1.56. The summed E-state index contributed by atoms with van der Waals surface area (Å²) in [5, 5.41) is 19.3. The van der Waals surface area contributed by atoms with Crippen LogP contribution in [0.2, 0.25) is 0 Å². The van der Waals surface area contributed by atoms with Crippen molar-refractivity contribution in [1.29, 1.82) is 10.5 Å². The molecule has 4 nitrogen and oxygen atoms in total. The van der Waals surface area contributed by atoms with Crippen molar-refractivity contribution in [3.63, 3.8) is 0 Å². The minimum Gasteiger partial charge on any atom is -0.337 e. The lowest BCUT2D eigenvalue weighted by Gasteiger charge is -3.11. The molecule has 0 bridgehead atoms. The highest BCUT2D eigenvalue weighted by molar-refractivity contribution is 5.96. The Morgan fingerprint density at radius 1 is 1.00 bits per heavy atom. The molecule has 4 unspecified atom stereocenters. The van der Waals surface area contributed by atoms with Gasteiger partial charge in [0.1, 0.15) is 0 Å². The molecule has 6 rings (SSSR count). The summed E-state index contributed by atoms with van der Waals surface area (Å²) in [6, 6.07) is 5.34. The van der Waals surface area contributed by atoms with Crippen LogP contribution in [-0.4, -0.2) is 22.9 Å². The summed E-state index contributed by atoms with van der Waals surface area (Å²) in [6.45, 7) is 8.20. The van der Waals surface area contributed by atoms with Crippen LogP contribution in [0.4, 0.5) is 0 Å². The third-order valence-electron chi connectivity index (χ3n) is 7.87. The second kappa shape index (κ2) is 2.72. The fraction of sp³-hybridized carbons (Fsp3) is 0.824. The van der Waals surface area contributed by atoms with Crippen LogP contribution in [0.3, 0.4) is 0 Å². The molecule has 6 aliphatic carbocycles. The second-order valence-electron chi connectivity index (χ2n) is 8.33. The van der Waals surface area contributed by atoms with Gasteiger partial charge >= 0.3 is 0 Å². The Morgan fingerprint density at radius 2 is 1.52 bits per heavy atom. The first-order valence-electron chi connectivity index (χ1n) is 8.05. The molecule has 6 saturated carbocycles. The van der Waals surface area contributed by atoms with Crippen LogP contribution in [-0.2, 0) is 4.79 Å². The number of rotatable bonds is 3. The SMILES string of the molecule is CC(C)N(C(=O)C12C3C4C1C1C4(C#N)C3C12C#N)C(C)C. The summed E-state index contributed by atoms with van der Waals surface area (Å²) in [4.78, 5) is 15.2. The lowest BCUT2D eigenvalue weighted by Crippen LogP contribution is -3.15. The highest BCUT2D eigenvalue weighted by atomic mass is 16.2. The van der Waals surface area contributed by atoms with E-state index in [4.69, 9.17) is 0 Å². The molecule has 6 aliphatic rings. The third-order valence-corrected chi connectivity index (χ3v) is 7.87. The molecular formula is C17H19N3O. The Labute approximate surface area is 124 Å². The van der Waals surface area contributed by atoms with Crippen molar-refractivity contribution in [1.82, 2.24) is 4.90 Å². The molecule has 4 heteroatoms. The van der Waals surface area contributed by atoms with Crippen LogP contribution in [0, 0.1) is 68.5 Å². The third kappa shape index (κ3) is 0.624. The fourth-order valence-electron chi connectivity index (χ4n) is 7.87. The summed E-state index contributed by atoms with van der Waals surface area (Å²) >= 11 is 0. The summed E-state index contributed by atoms with van der Waals surface area (Å²) in [6.07, 6.45) is 0. The van der Waals surface area contributed by atoms with Crippen molar-refractivity contribution < 1.29 is 4.79 Å². The molecule has 108 valence electrons. The summed E-state index contributed by atoms with van der Waals surface area (Å²) in [5.41, 5.74) is -1.05. The molecule has 0 aliphatic heterocycles. The van der Waals surface area contributed by atoms with Gasteiger partial charge in [-0.25, -0.2) is 0 Å². The first-order valence-corrected chi connectivity index (χ1v) is 8.05. The molecule has 0 saturated heterocycles. The van der Waals surface area contributed by atoms with Crippen molar-refractivity contribution in [3.8, 4) is 12.1 Å². The Kier molecular flexibility index (Phi) is 1.56. The van der Waals surface area contributed by atoms with E-state index in [2.05, 4.69) is 39.8 Å². The van der Waals surface area contributed by atoms with Gasteiger partial charge in [-0.15, -0.1) is 0 Å². The maximum atomic E-state index is 13.3. The molecule has 0 heterocycles. The van der Waals surface area contributed by atoms with Gasteiger partial charge in [-0.1, -0.05) is 0 Å². The van der Waals surface area contributed by atoms with Gasteiger partial charge in [0.15, 0.2) is 0 Å². The van der Waals surface area contributed by atoms with Gasteiger partial charge in [-0.2, -0.15) is 10.5 Å². The van der Waals surface area contributed by atoms with Gasteiger partial charge < -0.3 is 4.90 Å². The molecule has 0 aromatic rings. The van der Waals surface area contributed by atoms with E-state index in [1.807, 2.05) is 4.90 Å². The van der Waals surface area contributed by atoms with Crippen molar-refractivity contribution in [3.05, 3.63) is 0 Å². The summed E-state index contributed by atoms with van der Waals surface area (Å²) in [5.74, 6) is 1.77. The smallest absolute Gasteiger partial charge is 0.231 e. The molecule has 0 N–H and O–H groups in total. The number of nitrogens with zero attached hydrogens (tertiary/aromatic N) is 3. The Hall–Kier alpha value is -1.55. The molecule has 0 spiro atoms. The number of hydrogen-bond acceptors (Lipinski definition) is 3. The number of hydrogen-bond donors (Lipinski definition) is 0. The zero-order chi connectivity index (χ0) is 15.1. The predicted octanol–water partition coefficient (Wildman–Crippen LogP) is 1.79. The predicted molar refractivity (Wildman–Crippen MR) is 73.1 cm³/mol. The van der Waals surface area contributed by atoms with E-state index in [0.717, 1.165) is 0 Å². The number of carbonyl (C=O) groups is 1. The lowest BCUT2D eigenvalue weighted by atomic mass is 8.88. The summed E-state index contributed by atoms with van der Waals surface area (Å²) < 4.78 is 0. The zero-order valence-corrected chi connectivity index (χ0v) is 12.8. The summed E-state index contributed by atoms with van der Waals surface area (Å²) in [7, 11) is 0. The highest BCUT2D eigenvalue weighted by Gasteiger charge is 3.18. The standard InChI is InChI=1S/C17H19N3O/c1-7(2)20(8(3)4)14(21)17-10-9-11(17)13-15(9,5-18)12(10)16(13,17)6-19/h7-13H,1-4H3. The minimum atomic E-state index is -0.466. The molecule has 0 radical (unpaired) electrons. The van der Waals surface area contributed by atoms with E-state index in [1.165, 1.54) is 0 Å². The van der Waals surface area contributed by atoms with E-state index in [9.17, 15) is 15.3 Å². The van der Waals surface area contributed by atoms with Crippen LogP contribution < -0.4 is 0 Å². The lowest BCUT2D eigenvalue weighted by molar-refractivity contribution is -0.654. The van der Waals surface area contributed by atoms with Gasteiger partial charge in [0.05, 0.1) is 28.4 Å². The number of carbonyl (C=O) groups excluding carboxylic acids is 1. The first kappa shape index (κ1) is 12.0. The van der Waals surface area contributed by atoms with Gasteiger partial charge in [-0.3, -0.25) is 4.79 Å². The second-order valence-corrected chi connectivity index (χ2v) is 8.33. The average molecular weight is 281 g/mol. The van der Waals surface area contributed by atoms with Gasteiger partial charge in [0.2, 0.25) is 5.91 Å². The fourth-order valence-corrected chi connectivity index (χ4v) is 7.87. The van der Waals surface area contributed by atoms with Gasteiger partial charge in [0.25, 0.3) is 0 Å². The van der Waals surface area contributed by atoms with Gasteiger partial charge in [0, 0.05) is 23.9 Å². The quantitative estimate of drug-likeness (QED) is 0.792. The molecule has 0 aromatic carbocycles. The monoisotopic (exact) mass is 281 g/mol. The normalized spacial score (nSPS) is 58.6. The van der Waals surface area contributed by atoms with Crippen molar-refractivity contribution in [2.24, 2.45) is 45.8 Å². The molecule has 21 heavy (non-hydrogen) atoms. The maximum Gasteiger partial charge on any atom is 0.231 e. The topological polar surface area (TPSA) is 67.9 Å². The van der Waals surface area contributed by atoms with Crippen LogP contribution in [0.5, 0.6) is 0 Å². The highest BCUT2D eigenvalue weighted by Crippen LogP contribution is 3.14. The molecule has 0 aromatic heterocycles. The molecule has 6 fully saturated rings. The average Bonchev–Trinajstić information content (AvgIpc) is 2.44. The van der Waals surface area contributed by atoms with E-state index >= 15 is 0 Å². The molecule has 4 atom stereocenters. The Morgan fingerprint density at radius 3 is 1.90 bits per heavy atom. The van der Waals surface area contributed by atoms with E-state index in [-0.39, 0.29) is 35.2 Å². The zero-order valence-electron chi connectivity index (χ0n) is 12.8. The maximum absolute atomic E-state index is 13.3. The van der Waals surface area contributed by atoms with Crippen LogP contribution in [0.25, 0.3) is 0 Å². The van der Waals surface area contributed by atoms with Gasteiger partial charge in [-0.05, 0) is 45.4 Å². The minimum absolute atomic E-state index is 0.166. The largest absolute Gasteiger partial charge is 0.337 e.